The van der Waals surface area contributed by atoms with Crippen molar-refractivity contribution < 1.29 is 12.6 Å². The lowest BCUT2D eigenvalue weighted by atomic mass is 9.56. The number of fused-ring (bicyclic) bond motifs is 3. The van der Waals surface area contributed by atoms with E-state index in [1.54, 1.807) is 12.1 Å². The van der Waals surface area contributed by atoms with Gasteiger partial charge in [0.05, 0.1) is 11.0 Å². The van der Waals surface area contributed by atoms with Crippen molar-refractivity contribution in [1.29, 1.82) is 0 Å². The topological polar surface area (TPSA) is 43.4 Å². The van der Waals surface area contributed by atoms with E-state index in [4.69, 9.17) is 4.18 Å². The molecule has 4 heteroatoms. The van der Waals surface area contributed by atoms with E-state index >= 15 is 0 Å². The van der Waals surface area contributed by atoms with Crippen molar-refractivity contribution >= 4 is 10.1 Å². The Morgan fingerprint density at radius 2 is 1.62 bits per heavy atom. The first-order chi connectivity index (χ1) is 10.1. The third-order valence-corrected chi connectivity index (χ3v) is 8.08. The molecule has 5 rings (SSSR count). The molecule has 0 amide bonds. The Balaban J connectivity index is 1.43. The van der Waals surface area contributed by atoms with Crippen molar-refractivity contribution in [2.24, 2.45) is 35.5 Å². The first kappa shape index (κ1) is 12.7. The van der Waals surface area contributed by atoms with Gasteiger partial charge in [0.1, 0.15) is 0 Å². The van der Waals surface area contributed by atoms with Crippen LogP contribution < -0.4 is 0 Å². The average molecular weight is 304 g/mol. The lowest BCUT2D eigenvalue weighted by molar-refractivity contribution is -0.0255. The van der Waals surface area contributed by atoms with E-state index in [1.807, 2.05) is 19.1 Å². The SMILES string of the molecule is Cc1ccc(S(=O)(=O)O[C@H]2[C@H]3C[C@H]4[C@H]5CC[C@@H]3[C@@H]5[C@@H]42)cc1. The highest BCUT2D eigenvalue weighted by Gasteiger charge is 2.73. The van der Waals surface area contributed by atoms with E-state index in [2.05, 4.69) is 0 Å². The molecule has 7 atom stereocenters. The Morgan fingerprint density at radius 1 is 0.952 bits per heavy atom. The van der Waals surface area contributed by atoms with E-state index < -0.39 is 10.1 Å². The van der Waals surface area contributed by atoms with Gasteiger partial charge in [-0.15, -0.1) is 0 Å². The predicted octanol–water partition coefficient (Wildman–Crippen LogP) is 2.99. The number of aryl methyl sites for hydroxylation is 1. The van der Waals surface area contributed by atoms with Crippen LogP contribution in [0.3, 0.4) is 0 Å². The second kappa shape index (κ2) is 3.90. The molecule has 2 bridgehead atoms. The minimum atomic E-state index is -3.61. The van der Waals surface area contributed by atoms with Crippen LogP contribution in [0.25, 0.3) is 0 Å². The molecular formula is C17H20O3S. The molecule has 112 valence electrons. The summed E-state index contributed by atoms with van der Waals surface area (Å²) in [5, 5.41) is 0. The molecular weight excluding hydrogens is 284 g/mol. The van der Waals surface area contributed by atoms with Crippen LogP contribution >= 0.6 is 0 Å². The van der Waals surface area contributed by atoms with Gasteiger partial charge in [0.15, 0.2) is 0 Å². The van der Waals surface area contributed by atoms with Crippen LogP contribution in [-0.4, -0.2) is 14.5 Å². The van der Waals surface area contributed by atoms with E-state index in [0.29, 0.717) is 16.7 Å². The summed E-state index contributed by atoms with van der Waals surface area (Å²) in [6, 6.07) is 6.99. The molecule has 4 fully saturated rings. The fourth-order valence-corrected chi connectivity index (χ4v) is 7.22. The van der Waals surface area contributed by atoms with Gasteiger partial charge in [0, 0.05) is 0 Å². The van der Waals surface area contributed by atoms with Gasteiger partial charge in [0.25, 0.3) is 10.1 Å². The van der Waals surface area contributed by atoms with Gasteiger partial charge >= 0.3 is 0 Å². The molecule has 0 spiro atoms. The highest BCUT2D eigenvalue weighted by Crippen LogP contribution is 2.75. The summed E-state index contributed by atoms with van der Waals surface area (Å²) in [5.41, 5.74) is 1.06. The predicted molar refractivity (Wildman–Crippen MR) is 78.0 cm³/mol. The Labute approximate surface area is 125 Å². The summed E-state index contributed by atoms with van der Waals surface area (Å²) in [4.78, 5) is 0.304. The summed E-state index contributed by atoms with van der Waals surface area (Å²) in [7, 11) is -3.61. The summed E-state index contributed by atoms with van der Waals surface area (Å²) in [6.45, 7) is 1.96. The quantitative estimate of drug-likeness (QED) is 0.806. The lowest BCUT2D eigenvalue weighted by Gasteiger charge is -2.48. The molecule has 0 N–H and O–H groups in total. The van der Waals surface area contributed by atoms with Crippen molar-refractivity contribution in [3.8, 4) is 0 Å². The average Bonchev–Trinajstić information content (AvgIpc) is 2.95. The molecule has 4 aliphatic carbocycles. The molecule has 0 aromatic heterocycles. The number of hydrogen-bond acceptors (Lipinski definition) is 3. The fraction of sp³-hybridized carbons (Fsp3) is 0.647. The van der Waals surface area contributed by atoms with Gasteiger partial charge in [-0.2, -0.15) is 8.42 Å². The molecule has 4 saturated carbocycles. The summed E-state index contributed by atoms with van der Waals surface area (Å²) in [5.74, 6) is 4.23. The van der Waals surface area contributed by atoms with E-state index in [1.165, 1.54) is 19.3 Å². The minimum Gasteiger partial charge on any atom is -0.262 e. The van der Waals surface area contributed by atoms with Gasteiger partial charge < -0.3 is 0 Å². The Bertz CT molecular complexity index is 687. The largest absolute Gasteiger partial charge is 0.297 e. The summed E-state index contributed by atoms with van der Waals surface area (Å²) < 4.78 is 30.8. The van der Waals surface area contributed by atoms with Gasteiger partial charge in [-0.05, 0) is 73.8 Å². The van der Waals surface area contributed by atoms with Crippen LogP contribution in [0.2, 0.25) is 0 Å². The molecule has 0 saturated heterocycles. The zero-order valence-corrected chi connectivity index (χ0v) is 12.9. The molecule has 0 aliphatic heterocycles. The number of hydrogen-bond donors (Lipinski definition) is 0. The number of benzene rings is 1. The van der Waals surface area contributed by atoms with Gasteiger partial charge in [0.2, 0.25) is 0 Å². The Kier molecular flexibility index (Phi) is 2.35. The van der Waals surface area contributed by atoms with Crippen LogP contribution in [0.15, 0.2) is 29.2 Å². The molecule has 4 aliphatic rings. The second-order valence-corrected chi connectivity index (χ2v) is 9.02. The number of rotatable bonds is 3. The van der Waals surface area contributed by atoms with Crippen LogP contribution in [-0.2, 0) is 14.3 Å². The van der Waals surface area contributed by atoms with Crippen molar-refractivity contribution in [2.45, 2.75) is 37.2 Å². The standard InChI is InChI=1S/C17H20O3S/c1-9-2-4-10(5-3-9)21(18,19)20-17-14-8-13-11-6-7-12(14)15(11)16(13)17/h2-5,11-17H,6-8H2,1H3/t11-,12+,13+,14+,15-,16-,17+/m1/s1. The Morgan fingerprint density at radius 3 is 2.29 bits per heavy atom. The molecule has 21 heavy (non-hydrogen) atoms. The minimum absolute atomic E-state index is 0.0344. The molecule has 0 heterocycles. The third-order valence-electron chi connectivity index (χ3n) is 6.75. The molecule has 3 nitrogen and oxygen atoms in total. The van der Waals surface area contributed by atoms with Gasteiger partial charge in [-0.1, -0.05) is 17.7 Å². The van der Waals surface area contributed by atoms with E-state index in [-0.39, 0.29) is 6.10 Å². The smallest absolute Gasteiger partial charge is 0.262 e. The van der Waals surface area contributed by atoms with Crippen LogP contribution in [0.4, 0.5) is 0 Å². The molecule has 1 aromatic rings. The van der Waals surface area contributed by atoms with Crippen molar-refractivity contribution in [3.05, 3.63) is 29.8 Å². The second-order valence-electron chi connectivity index (χ2n) is 7.45. The van der Waals surface area contributed by atoms with Crippen molar-refractivity contribution in [3.63, 3.8) is 0 Å². The van der Waals surface area contributed by atoms with Crippen molar-refractivity contribution in [1.82, 2.24) is 0 Å². The maximum atomic E-state index is 12.5. The maximum absolute atomic E-state index is 12.5. The summed E-state index contributed by atoms with van der Waals surface area (Å²) >= 11 is 0. The van der Waals surface area contributed by atoms with Crippen molar-refractivity contribution in [2.75, 3.05) is 0 Å². The maximum Gasteiger partial charge on any atom is 0.297 e. The van der Waals surface area contributed by atoms with E-state index in [9.17, 15) is 8.42 Å². The molecule has 0 radical (unpaired) electrons. The third kappa shape index (κ3) is 1.50. The first-order valence-corrected chi connectivity index (χ1v) is 9.47. The van der Waals surface area contributed by atoms with Crippen LogP contribution in [0.1, 0.15) is 24.8 Å². The normalized spacial score (nSPS) is 45.9. The van der Waals surface area contributed by atoms with Gasteiger partial charge in [-0.25, -0.2) is 0 Å². The fourth-order valence-electron chi connectivity index (χ4n) is 6.07. The monoisotopic (exact) mass is 304 g/mol. The molecule has 0 unspecified atom stereocenters. The highest BCUT2D eigenvalue weighted by atomic mass is 32.2. The van der Waals surface area contributed by atoms with Gasteiger partial charge in [-0.3, -0.25) is 4.18 Å². The zero-order valence-electron chi connectivity index (χ0n) is 12.1. The zero-order chi connectivity index (χ0) is 14.4. The lowest BCUT2D eigenvalue weighted by Crippen LogP contribution is -2.45. The van der Waals surface area contributed by atoms with Crippen LogP contribution in [0.5, 0.6) is 0 Å². The van der Waals surface area contributed by atoms with E-state index in [0.717, 1.165) is 29.2 Å². The highest BCUT2D eigenvalue weighted by molar-refractivity contribution is 7.86. The Hall–Kier alpha value is -0.870. The summed E-state index contributed by atoms with van der Waals surface area (Å²) in [6.07, 6.45) is 3.86. The first-order valence-electron chi connectivity index (χ1n) is 8.06. The molecule has 1 aromatic carbocycles. The van der Waals surface area contributed by atoms with Crippen LogP contribution in [0, 0.1) is 42.4 Å².